The molecule has 1 unspecified atom stereocenters. The van der Waals surface area contributed by atoms with E-state index in [2.05, 4.69) is 15.9 Å². The first-order valence-corrected chi connectivity index (χ1v) is 9.03. The molecule has 2 N–H and O–H groups in total. The summed E-state index contributed by atoms with van der Waals surface area (Å²) in [5.41, 5.74) is 7.36. The van der Waals surface area contributed by atoms with Crippen molar-refractivity contribution in [3.8, 4) is 0 Å². The second kappa shape index (κ2) is 7.02. The predicted molar refractivity (Wildman–Crippen MR) is 86.1 cm³/mol. The van der Waals surface area contributed by atoms with E-state index in [-0.39, 0.29) is 6.04 Å². The van der Waals surface area contributed by atoms with E-state index in [4.69, 9.17) is 5.73 Å². The largest absolute Gasteiger partial charge is 0.326 e. The van der Waals surface area contributed by atoms with Gasteiger partial charge in [0.05, 0.1) is 4.90 Å². The molecule has 4 nitrogen and oxygen atoms in total. The van der Waals surface area contributed by atoms with Crippen molar-refractivity contribution < 1.29 is 8.42 Å². The van der Waals surface area contributed by atoms with Gasteiger partial charge in [-0.15, -0.1) is 0 Å². The maximum absolute atomic E-state index is 12.9. The highest BCUT2D eigenvalue weighted by molar-refractivity contribution is 9.10. The summed E-state index contributed by atoms with van der Waals surface area (Å²) >= 11 is 3.40. The van der Waals surface area contributed by atoms with E-state index < -0.39 is 10.0 Å². The summed E-state index contributed by atoms with van der Waals surface area (Å²) in [6, 6.07) is 3.54. The van der Waals surface area contributed by atoms with Gasteiger partial charge in [-0.05, 0) is 53.4 Å². The van der Waals surface area contributed by atoms with Crippen molar-refractivity contribution >= 4 is 26.0 Å². The molecule has 0 radical (unpaired) electrons. The minimum absolute atomic E-state index is 0.0289. The number of halogens is 1. The summed E-state index contributed by atoms with van der Waals surface area (Å²) in [4.78, 5) is 0.306. The third-order valence-corrected chi connectivity index (χ3v) is 6.93. The molecular formula is C14H23BrN2O2S. The standard InChI is InChI=1S/C14H23BrN2O2S/c1-5-11(4)17(6-2)20(18,19)13-8-12(9-16)7-10(3)14(13)15/h7-8,11H,5-6,9,16H2,1-4H3. The molecule has 0 spiro atoms. The van der Waals surface area contributed by atoms with Gasteiger partial charge in [-0.25, -0.2) is 8.42 Å². The van der Waals surface area contributed by atoms with Crippen molar-refractivity contribution in [2.45, 2.75) is 51.6 Å². The molecule has 1 aromatic rings. The van der Waals surface area contributed by atoms with Crippen LogP contribution in [0, 0.1) is 6.92 Å². The maximum atomic E-state index is 12.9. The fourth-order valence-electron chi connectivity index (χ4n) is 2.16. The van der Waals surface area contributed by atoms with E-state index >= 15 is 0 Å². The zero-order valence-electron chi connectivity index (χ0n) is 12.5. The Labute approximate surface area is 130 Å². The average molecular weight is 363 g/mol. The number of nitrogens with zero attached hydrogens (tertiary/aromatic N) is 1. The third kappa shape index (κ3) is 3.42. The lowest BCUT2D eigenvalue weighted by Crippen LogP contribution is -2.38. The lowest BCUT2D eigenvalue weighted by molar-refractivity contribution is 0.342. The van der Waals surface area contributed by atoms with E-state index in [1.165, 1.54) is 4.31 Å². The Kier molecular flexibility index (Phi) is 6.19. The summed E-state index contributed by atoms with van der Waals surface area (Å²) in [7, 11) is -3.52. The first-order valence-electron chi connectivity index (χ1n) is 6.80. The van der Waals surface area contributed by atoms with Crippen LogP contribution in [-0.4, -0.2) is 25.3 Å². The lowest BCUT2D eigenvalue weighted by Gasteiger charge is -2.27. The van der Waals surface area contributed by atoms with Gasteiger partial charge in [0.2, 0.25) is 10.0 Å². The Morgan fingerprint density at radius 1 is 1.35 bits per heavy atom. The van der Waals surface area contributed by atoms with Gasteiger partial charge in [-0.2, -0.15) is 4.31 Å². The van der Waals surface area contributed by atoms with Gasteiger partial charge in [0, 0.05) is 23.6 Å². The van der Waals surface area contributed by atoms with Gasteiger partial charge in [0.25, 0.3) is 0 Å². The van der Waals surface area contributed by atoms with Crippen LogP contribution in [0.3, 0.4) is 0 Å². The van der Waals surface area contributed by atoms with Crippen molar-refractivity contribution in [3.05, 3.63) is 27.7 Å². The second-order valence-electron chi connectivity index (χ2n) is 4.89. The highest BCUT2D eigenvalue weighted by Crippen LogP contribution is 2.30. The average Bonchev–Trinajstić information content (AvgIpc) is 2.41. The molecular weight excluding hydrogens is 340 g/mol. The molecule has 0 saturated carbocycles. The highest BCUT2D eigenvalue weighted by Gasteiger charge is 2.29. The maximum Gasteiger partial charge on any atom is 0.244 e. The van der Waals surface area contributed by atoms with Crippen LogP contribution in [0.5, 0.6) is 0 Å². The molecule has 1 aromatic carbocycles. The number of benzene rings is 1. The topological polar surface area (TPSA) is 63.4 Å². The Bertz CT molecular complexity index is 573. The number of nitrogens with two attached hydrogens (primary N) is 1. The Morgan fingerprint density at radius 2 is 1.95 bits per heavy atom. The van der Waals surface area contributed by atoms with Crippen LogP contribution in [0.2, 0.25) is 0 Å². The molecule has 114 valence electrons. The number of hydrogen-bond donors (Lipinski definition) is 1. The summed E-state index contributed by atoms with van der Waals surface area (Å²) in [5, 5.41) is 0. The minimum atomic E-state index is -3.52. The minimum Gasteiger partial charge on any atom is -0.326 e. The quantitative estimate of drug-likeness (QED) is 0.845. The van der Waals surface area contributed by atoms with E-state index in [0.29, 0.717) is 22.5 Å². The number of hydrogen-bond acceptors (Lipinski definition) is 3. The Hall–Kier alpha value is -0.430. The predicted octanol–water partition coefficient (Wildman–Crippen LogP) is 3.03. The smallest absolute Gasteiger partial charge is 0.244 e. The molecule has 0 aliphatic heterocycles. The second-order valence-corrected chi connectivity index (χ2v) is 7.55. The molecule has 0 amide bonds. The van der Waals surface area contributed by atoms with Gasteiger partial charge in [-0.1, -0.05) is 19.9 Å². The molecule has 0 saturated heterocycles. The van der Waals surface area contributed by atoms with Crippen molar-refractivity contribution in [1.82, 2.24) is 4.31 Å². The highest BCUT2D eigenvalue weighted by atomic mass is 79.9. The fraction of sp³-hybridized carbons (Fsp3) is 0.571. The van der Waals surface area contributed by atoms with Crippen molar-refractivity contribution in [2.24, 2.45) is 5.73 Å². The van der Waals surface area contributed by atoms with Crippen molar-refractivity contribution in [2.75, 3.05) is 6.54 Å². The monoisotopic (exact) mass is 362 g/mol. The molecule has 1 atom stereocenters. The number of aryl methyl sites for hydroxylation is 1. The first kappa shape index (κ1) is 17.6. The molecule has 6 heteroatoms. The van der Waals surface area contributed by atoms with Crippen LogP contribution in [0.15, 0.2) is 21.5 Å². The van der Waals surface area contributed by atoms with Crippen LogP contribution >= 0.6 is 15.9 Å². The zero-order chi connectivity index (χ0) is 15.5. The van der Waals surface area contributed by atoms with Crippen molar-refractivity contribution in [3.63, 3.8) is 0 Å². The summed E-state index contributed by atoms with van der Waals surface area (Å²) in [6.45, 7) is 8.43. The van der Waals surface area contributed by atoms with Crippen LogP contribution in [0.1, 0.15) is 38.3 Å². The van der Waals surface area contributed by atoms with E-state index in [9.17, 15) is 8.42 Å². The first-order chi connectivity index (χ1) is 9.29. The zero-order valence-corrected chi connectivity index (χ0v) is 14.9. The summed E-state index contributed by atoms with van der Waals surface area (Å²) in [6.07, 6.45) is 0.778. The summed E-state index contributed by atoms with van der Waals surface area (Å²) in [5.74, 6) is 0. The van der Waals surface area contributed by atoms with E-state index in [0.717, 1.165) is 17.5 Å². The fourth-order valence-corrected chi connectivity index (χ4v) is 4.91. The Morgan fingerprint density at radius 3 is 2.40 bits per heavy atom. The normalized spacial score (nSPS) is 13.8. The van der Waals surface area contributed by atoms with Crippen LogP contribution in [0.4, 0.5) is 0 Å². The third-order valence-electron chi connectivity index (χ3n) is 3.50. The van der Waals surface area contributed by atoms with E-state index in [1.54, 1.807) is 6.07 Å². The molecule has 0 aliphatic carbocycles. The summed E-state index contributed by atoms with van der Waals surface area (Å²) < 4.78 is 27.9. The molecule has 0 bridgehead atoms. The molecule has 0 aliphatic rings. The van der Waals surface area contributed by atoms with Gasteiger partial charge < -0.3 is 5.73 Å². The Balaban J connectivity index is 3.45. The molecule has 0 aromatic heterocycles. The van der Waals surface area contributed by atoms with Gasteiger partial charge in [0.1, 0.15) is 0 Å². The van der Waals surface area contributed by atoms with Crippen LogP contribution < -0.4 is 5.73 Å². The molecule has 0 heterocycles. The SMILES string of the molecule is CCC(C)N(CC)S(=O)(=O)c1cc(CN)cc(C)c1Br. The van der Waals surface area contributed by atoms with E-state index in [1.807, 2.05) is 33.8 Å². The number of rotatable bonds is 6. The van der Waals surface area contributed by atoms with Crippen molar-refractivity contribution in [1.29, 1.82) is 0 Å². The van der Waals surface area contributed by atoms with Gasteiger partial charge in [-0.3, -0.25) is 0 Å². The van der Waals surface area contributed by atoms with Gasteiger partial charge >= 0.3 is 0 Å². The molecule has 20 heavy (non-hydrogen) atoms. The lowest BCUT2D eigenvalue weighted by atomic mass is 10.1. The van der Waals surface area contributed by atoms with Crippen LogP contribution in [0.25, 0.3) is 0 Å². The molecule has 0 fully saturated rings. The number of sulfonamides is 1. The molecule has 1 rings (SSSR count). The van der Waals surface area contributed by atoms with Gasteiger partial charge in [0.15, 0.2) is 0 Å². The van der Waals surface area contributed by atoms with Crippen LogP contribution in [-0.2, 0) is 16.6 Å².